The fourth-order valence-corrected chi connectivity index (χ4v) is 2.82. The average molecular weight is 266 g/mol. The minimum absolute atomic E-state index is 0.0511. The van der Waals surface area contributed by atoms with Crippen LogP contribution in [0.1, 0.15) is 34.8 Å². The molecular weight excluding hydrogens is 248 g/mol. The number of anilines is 1. The van der Waals surface area contributed by atoms with Crippen molar-refractivity contribution in [3.05, 3.63) is 59.4 Å². The summed E-state index contributed by atoms with van der Waals surface area (Å²) in [5.41, 5.74) is 4.35. The summed E-state index contributed by atoms with van der Waals surface area (Å²) in [6, 6.07) is 9.89. The number of amides is 1. The number of rotatable bonds is 3. The van der Waals surface area contributed by atoms with Crippen LogP contribution >= 0.6 is 0 Å². The van der Waals surface area contributed by atoms with E-state index in [4.69, 9.17) is 0 Å². The van der Waals surface area contributed by atoms with Crippen LogP contribution < -0.4 is 4.90 Å². The molecule has 0 atom stereocenters. The minimum Gasteiger partial charge on any atom is -0.307 e. The van der Waals surface area contributed by atoms with Gasteiger partial charge < -0.3 is 4.90 Å². The molecule has 20 heavy (non-hydrogen) atoms. The average Bonchev–Trinajstić information content (AvgIpc) is 2.96. The molecule has 0 saturated heterocycles. The lowest BCUT2D eigenvalue weighted by atomic mass is 10.1. The molecule has 0 aliphatic heterocycles. The molecule has 3 nitrogen and oxygen atoms in total. The van der Waals surface area contributed by atoms with E-state index in [-0.39, 0.29) is 5.91 Å². The Morgan fingerprint density at radius 3 is 2.85 bits per heavy atom. The molecule has 1 heterocycles. The molecule has 0 fully saturated rings. The lowest BCUT2D eigenvalue weighted by Crippen LogP contribution is -2.30. The molecule has 1 aromatic carbocycles. The van der Waals surface area contributed by atoms with Crippen molar-refractivity contribution in [1.29, 1.82) is 0 Å². The first-order valence-corrected chi connectivity index (χ1v) is 7.13. The topological polar surface area (TPSA) is 33.2 Å². The summed E-state index contributed by atoms with van der Waals surface area (Å²) in [5.74, 6) is 0.0511. The van der Waals surface area contributed by atoms with Gasteiger partial charge in [-0.3, -0.25) is 9.78 Å². The number of carbonyl (C=O) groups is 1. The van der Waals surface area contributed by atoms with Crippen molar-refractivity contribution in [3.63, 3.8) is 0 Å². The van der Waals surface area contributed by atoms with Crippen LogP contribution in [-0.2, 0) is 12.8 Å². The van der Waals surface area contributed by atoms with Crippen LogP contribution in [0.5, 0.6) is 0 Å². The van der Waals surface area contributed by atoms with Crippen LogP contribution in [-0.4, -0.2) is 17.4 Å². The zero-order valence-electron chi connectivity index (χ0n) is 11.7. The third-order valence-corrected chi connectivity index (χ3v) is 3.86. The van der Waals surface area contributed by atoms with Crippen molar-refractivity contribution in [1.82, 2.24) is 4.98 Å². The van der Waals surface area contributed by atoms with Crippen molar-refractivity contribution >= 4 is 11.6 Å². The molecule has 0 radical (unpaired) electrons. The van der Waals surface area contributed by atoms with E-state index in [1.54, 1.807) is 17.3 Å². The van der Waals surface area contributed by atoms with Crippen molar-refractivity contribution in [2.24, 2.45) is 0 Å². The molecule has 0 spiro atoms. The third kappa shape index (κ3) is 2.31. The Morgan fingerprint density at radius 2 is 2.10 bits per heavy atom. The number of aromatic nitrogens is 1. The molecular formula is C17H18N2O. The molecule has 1 aromatic heterocycles. The summed E-state index contributed by atoms with van der Waals surface area (Å²) in [6.07, 6.45) is 6.89. The van der Waals surface area contributed by atoms with Crippen LogP contribution in [0.3, 0.4) is 0 Å². The smallest absolute Gasteiger partial charge is 0.258 e. The van der Waals surface area contributed by atoms with Gasteiger partial charge in [-0.05, 0) is 61.6 Å². The van der Waals surface area contributed by atoms with E-state index >= 15 is 0 Å². The Bertz CT molecular complexity index is 622. The van der Waals surface area contributed by atoms with Crippen molar-refractivity contribution in [2.75, 3.05) is 11.4 Å². The molecule has 0 unspecified atom stereocenters. The van der Waals surface area contributed by atoms with Gasteiger partial charge in [0, 0.05) is 18.3 Å². The van der Waals surface area contributed by atoms with Gasteiger partial charge >= 0.3 is 0 Å². The SMILES string of the molecule is CCN(C(=O)c1ccc2c(c1)CCC2)c1cccnc1. The van der Waals surface area contributed by atoms with Crippen LogP contribution in [0, 0.1) is 0 Å². The predicted octanol–water partition coefficient (Wildman–Crippen LogP) is 3.24. The molecule has 2 aromatic rings. The number of aryl methyl sites for hydroxylation is 2. The Kier molecular flexibility index (Phi) is 3.50. The number of hydrogen-bond acceptors (Lipinski definition) is 2. The number of nitrogens with zero attached hydrogens (tertiary/aromatic N) is 2. The first-order chi connectivity index (χ1) is 9.79. The van der Waals surface area contributed by atoms with Gasteiger partial charge in [-0.2, -0.15) is 0 Å². The lowest BCUT2D eigenvalue weighted by Gasteiger charge is -2.21. The predicted molar refractivity (Wildman–Crippen MR) is 80.1 cm³/mol. The number of benzene rings is 1. The van der Waals surface area contributed by atoms with E-state index in [9.17, 15) is 4.79 Å². The van der Waals surface area contributed by atoms with E-state index in [2.05, 4.69) is 17.1 Å². The lowest BCUT2D eigenvalue weighted by molar-refractivity contribution is 0.0988. The second kappa shape index (κ2) is 5.45. The molecule has 3 rings (SSSR count). The van der Waals surface area contributed by atoms with E-state index in [1.165, 1.54) is 17.5 Å². The number of pyridine rings is 1. The molecule has 0 saturated carbocycles. The fraction of sp³-hybridized carbons (Fsp3) is 0.294. The Morgan fingerprint density at radius 1 is 1.25 bits per heavy atom. The van der Waals surface area contributed by atoms with E-state index in [0.717, 1.165) is 24.1 Å². The van der Waals surface area contributed by atoms with Crippen molar-refractivity contribution in [3.8, 4) is 0 Å². The number of fused-ring (bicyclic) bond motifs is 1. The van der Waals surface area contributed by atoms with Gasteiger partial charge in [0.25, 0.3) is 5.91 Å². The van der Waals surface area contributed by atoms with Gasteiger partial charge in [0.1, 0.15) is 0 Å². The van der Waals surface area contributed by atoms with Crippen LogP contribution in [0.25, 0.3) is 0 Å². The van der Waals surface area contributed by atoms with E-state index < -0.39 is 0 Å². The normalized spacial score (nSPS) is 13.1. The summed E-state index contributed by atoms with van der Waals surface area (Å²) < 4.78 is 0. The molecule has 3 heteroatoms. The molecule has 102 valence electrons. The monoisotopic (exact) mass is 266 g/mol. The Labute approximate surface area is 119 Å². The zero-order chi connectivity index (χ0) is 13.9. The van der Waals surface area contributed by atoms with Crippen molar-refractivity contribution in [2.45, 2.75) is 26.2 Å². The second-order valence-electron chi connectivity index (χ2n) is 5.10. The maximum atomic E-state index is 12.7. The Balaban J connectivity index is 1.91. The van der Waals surface area contributed by atoms with Crippen LogP contribution in [0.2, 0.25) is 0 Å². The summed E-state index contributed by atoms with van der Waals surface area (Å²) in [5, 5.41) is 0. The Hall–Kier alpha value is -2.16. The van der Waals surface area contributed by atoms with Gasteiger partial charge in [-0.25, -0.2) is 0 Å². The first-order valence-electron chi connectivity index (χ1n) is 7.13. The second-order valence-corrected chi connectivity index (χ2v) is 5.10. The van der Waals surface area contributed by atoms with Gasteiger partial charge in [-0.15, -0.1) is 0 Å². The maximum Gasteiger partial charge on any atom is 0.258 e. The highest BCUT2D eigenvalue weighted by Crippen LogP contribution is 2.24. The van der Waals surface area contributed by atoms with Gasteiger partial charge in [0.2, 0.25) is 0 Å². The highest BCUT2D eigenvalue weighted by molar-refractivity contribution is 6.06. The number of carbonyl (C=O) groups excluding carboxylic acids is 1. The highest BCUT2D eigenvalue weighted by Gasteiger charge is 2.19. The molecule has 0 N–H and O–H groups in total. The van der Waals surface area contributed by atoms with E-state index in [0.29, 0.717) is 6.54 Å². The van der Waals surface area contributed by atoms with Gasteiger partial charge in [0.05, 0.1) is 11.9 Å². The van der Waals surface area contributed by atoms with Gasteiger partial charge in [0.15, 0.2) is 0 Å². The van der Waals surface area contributed by atoms with Gasteiger partial charge in [-0.1, -0.05) is 6.07 Å². The summed E-state index contributed by atoms with van der Waals surface area (Å²) >= 11 is 0. The van der Waals surface area contributed by atoms with Crippen molar-refractivity contribution < 1.29 is 4.79 Å². The quantitative estimate of drug-likeness (QED) is 0.854. The largest absolute Gasteiger partial charge is 0.307 e. The molecule has 1 aliphatic carbocycles. The summed E-state index contributed by atoms with van der Waals surface area (Å²) in [4.78, 5) is 18.5. The number of hydrogen-bond donors (Lipinski definition) is 0. The molecule has 1 aliphatic rings. The fourth-order valence-electron chi connectivity index (χ4n) is 2.82. The highest BCUT2D eigenvalue weighted by atomic mass is 16.2. The van der Waals surface area contributed by atoms with E-state index in [1.807, 2.05) is 25.1 Å². The van der Waals surface area contributed by atoms with Crippen LogP contribution in [0.15, 0.2) is 42.7 Å². The standard InChI is InChI=1S/C17H18N2O/c1-2-19(16-7-4-10-18-12-16)17(20)15-9-8-13-5-3-6-14(13)11-15/h4,7-12H,2-3,5-6H2,1H3. The minimum atomic E-state index is 0.0511. The zero-order valence-corrected chi connectivity index (χ0v) is 11.7. The maximum absolute atomic E-state index is 12.7. The molecule has 1 amide bonds. The molecule has 0 bridgehead atoms. The van der Waals surface area contributed by atoms with Crippen LogP contribution in [0.4, 0.5) is 5.69 Å². The summed E-state index contributed by atoms with van der Waals surface area (Å²) in [7, 11) is 0. The first kappa shape index (κ1) is 12.9. The third-order valence-electron chi connectivity index (χ3n) is 3.86. The summed E-state index contributed by atoms with van der Waals surface area (Å²) in [6.45, 7) is 2.62.